The van der Waals surface area contributed by atoms with Crippen LogP contribution in [0.3, 0.4) is 0 Å². The molecule has 0 fully saturated rings. The molecule has 0 N–H and O–H groups in total. The Bertz CT molecular complexity index is 3830. The Kier molecular flexibility index (Phi) is 6.98. The summed E-state index contributed by atoms with van der Waals surface area (Å²) < 4.78 is 19.6. The van der Waals surface area contributed by atoms with E-state index in [2.05, 4.69) is 193 Å². The fourth-order valence-corrected chi connectivity index (χ4v) is 9.40. The fourth-order valence-electron chi connectivity index (χ4n) is 9.40. The van der Waals surface area contributed by atoms with Gasteiger partial charge in [0, 0.05) is 54.6 Å². The second-order valence-electron chi connectivity index (χ2n) is 15.6. The number of para-hydroxylation sites is 2. The summed E-state index contributed by atoms with van der Waals surface area (Å²) in [5, 5.41) is 11.2. The summed E-state index contributed by atoms with van der Waals surface area (Å²) in [6.45, 7) is 0. The van der Waals surface area contributed by atoms with Crippen LogP contribution >= 0.6 is 0 Å². The molecule has 4 nitrogen and oxygen atoms in total. The molecule has 0 aliphatic heterocycles. The number of nitrogens with zero attached hydrogens (tertiary/aromatic N) is 1. The van der Waals surface area contributed by atoms with Crippen LogP contribution in [0.15, 0.2) is 213 Å². The summed E-state index contributed by atoms with van der Waals surface area (Å²) in [5.41, 5.74) is 12.9. The van der Waals surface area contributed by atoms with Crippen molar-refractivity contribution in [3.8, 4) is 22.3 Å². The van der Waals surface area contributed by atoms with Crippen molar-refractivity contribution < 1.29 is 13.3 Å². The smallest absolute Gasteiger partial charge is 0.143 e. The number of anilines is 3. The topological polar surface area (TPSA) is 42.7 Å². The molecule has 3 heterocycles. The van der Waals surface area contributed by atoms with Gasteiger partial charge in [-0.05, 0) is 94.2 Å². The minimum Gasteiger partial charge on any atom is -0.456 e. The molecule has 60 heavy (non-hydrogen) atoms. The Morgan fingerprint density at radius 3 is 1.60 bits per heavy atom. The van der Waals surface area contributed by atoms with Crippen molar-refractivity contribution in [2.45, 2.75) is 0 Å². The SMILES string of the molecule is c1ccc2c(c1)ccc1c3cc(-c4ccc(N(c5ccc(-c6cccc7c6oc6c8ccccc8ccc76)cc5)c5cccc6oc7ccccc7c56)cc4)ccc3oc21. The molecular formula is C56H33NO3. The molecule has 0 aliphatic rings. The van der Waals surface area contributed by atoms with Crippen molar-refractivity contribution in [1.29, 1.82) is 0 Å². The second-order valence-corrected chi connectivity index (χ2v) is 15.6. The van der Waals surface area contributed by atoms with Gasteiger partial charge in [-0.15, -0.1) is 0 Å². The molecule has 280 valence electrons. The number of hydrogen-bond donors (Lipinski definition) is 0. The molecule has 0 saturated carbocycles. The van der Waals surface area contributed by atoms with E-state index in [1.165, 1.54) is 10.8 Å². The summed E-state index contributed by atoms with van der Waals surface area (Å²) in [7, 11) is 0. The number of rotatable bonds is 5. The van der Waals surface area contributed by atoms with Gasteiger partial charge in [0.05, 0.1) is 11.1 Å². The molecule has 0 unspecified atom stereocenters. The third kappa shape index (κ3) is 4.91. The van der Waals surface area contributed by atoms with Gasteiger partial charge in [0.2, 0.25) is 0 Å². The molecule has 3 aromatic heterocycles. The lowest BCUT2D eigenvalue weighted by Crippen LogP contribution is -2.10. The Morgan fingerprint density at radius 2 is 0.850 bits per heavy atom. The van der Waals surface area contributed by atoms with Crippen molar-refractivity contribution in [2.75, 3.05) is 4.90 Å². The first-order valence-electron chi connectivity index (χ1n) is 20.3. The van der Waals surface area contributed by atoms with Gasteiger partial charge < -0.3 is 18.2 Å². The Labute approximate surface area is 343 Å². The number of furan rings is 3. The fraction of sp³-hybridized carbons (Fsp3) is 0. The molecule has 0 aliphatic carbocycles. The zero-order valence-electron chi connectivity index (χ0n) is 32.2. The maximum Gasteiger partial charge on any atom is 0.143 e. The van der Waals surface area contributed by atoms with Crippen molar-refractivity contribution in [3.63, 3.8) is 0 Å². The monoisotopic (exact) mass is 767 g/mol. The van der Waals surface area contributed by atoms with E-state index in [-0.39, 0.29) is 0 Å². The van der Waals surface area contributed by atoms with Crippen molar-refractivity contribution in [2.24, 2.45) is 0 Å². The largest absolute Gasteiger partial charge is 0.456 e. The van der Waals surface area contributed by atoms with Crippen LogP contribution in [0.2, 0.25) is 0 Å². The van der Waals surface area contributed by atoms with E-state index in [1.807, 2.05) is 12.1 Å². The maximum absolute atomic E-state index is 6.73. The van der Waals surface area contributed by atoms with Gasteiger partial charge in [0.1, 0.15) is 33.5 Å². The van der Waals surface area contributed by atoms with Crippen molar-refractivity contribution in [3.05, 3.63) is 200 Å². The molecule has 0 atom stereocenters. The van der Waals surface area contributed by atoms with E-state index in [0.717, 1.165) is 116 Å². The van der Waals surface area contributed by atoms with E-state index in [0.29, 0.717) is 0 Å². The highest BCUT2D eigenvalue weighted by Gasteiger charge is 2.21. The lowest BCUT2D eigenvalue weighted by Gasteiger charge is -2.26. The first-order chi connectivity index (χ1) is 29.7. The second kappa shape index (κ2) is 12.7. The lowest BCUT2D eigenvalue weighted by molar-refractivity contribution is 0.669. The van der Waals surface area contributed by atoms with Crippen molar-refractivity contribution >= 4 is 104 Å². The molecule has 0 bridgehead atoms. The molecule has 0 saturated heterocycles. The average molecular weight is 768 g/mol. The van der Waals surface area contributed by atoms with E-state index >= 15 is 0 Å². The summed E-state index contributed by atoms with van der Waals surface area (Å²) in [6.07, 6.45) is 0. The number of benzene rings is 10. The molecule has 10 aromatic carbocycles. The molecule has 0 spiro atoms. The summed E-state index contributed by atoms with van der Waals surface area (Å²) in [5.74, 6) is 0. The number of fused-ring (bicyclic) bond motifs is 13. The van der Waals surface area contributed by atoms with Gasteiger partial charge in [-0.3, -0.25) is 0 Å². The Balaban J connectivity index is 0.936. The van der Waals surface area contributed by atoms with Crippen LogP contribution in [-0.4, -0.2) is 0 Å². The average Bonchev–Trinajstić information content (AvgIpc) is 4.01. The quantitative estimate of drug-likeness (QED) is 0.175. The van der Waals surface area contributed by atoms with Crippen LogP contribution in [0.1, 0.15) is 0 Å². The van der Waals surface area contributed by atoms with Crippen LogP contribution < -0.4 is 4.90 Å². The van der Waals surface area contributed by atoms with Crippen LogP contribution in [0, 0.1) is 0 Å². The third-order valence-corrected chi connectivity index (χ3v) is 12.3. The third-order valence-electron chi connectivity index (χ3n) is 12.3. The normalized spacial score (nSPS) is 12.0. The first-order valence-corrected chi connectivity index (χ1v) is 20.3. The summed E-state index contributed by atoms with van der Waals surface area (Å²) >= 11 is 0. The zero-order valence-corrected chi connectivity index (χ0v) is 32.2. The standard InChI is InChI=1S/C56H33NO3/c1-3-11-41-35(9-1)24-31-46-48-33-38(25-32-51(48)59-54(41)46)34-19-26-39(27-20-34)57(49-16-8-18-52-53(49)47-13-5-6-17-50(47)58-52)40-28-21-37(22-29-40)43-14-7-15-44-45-30-23-36-10-2-4-12-42(36)56(45)60-55(43)44/h1-33H. The highest BCUT2D eigenvalue weighted by molar-refractivity contribution is 6.18. The highest BCUT2D eigenvalue weighted by Crippen LogP contribution is 2.45. The van der Waals surface area contributed by atoms with Gasteiger partial charge in [0.15, 0.2) is 0 Å². The summed E-state index contributed by atoms with van der Waals surface area (Å²) in [6, 6.07) is 70.8. The van der Waals surface area contributed by atoms with E-state index < -0.39 is 0 Å². The van der Waals surface area contributed by atoms with E-state index in [4.69, 9.17) is 13.3 Å². The minimum absolute atomic E-state index is 0.851. The first kappa shape index (κ1) is 32.9. The number of hydrogen-bond acceptors (Lipinski definition) is 4. The predicted molar refractivity (Wildman–Crippen MR) is 249 cm³/mol. The Hall–Kier alpha value is -8.08. The maximum atomic E-state index is 6.73. The zero-order chi connectivity index (χ0) is 39.3. The van der Waals surface area contributed by atoms with Crippen LogP contribution in [0.5, 0.6) is 0 Å². The van der Waals surface area contributed by atoms with Crippen LogP contribution in [0.25, 0.3) is 110 Å². The van der Waals surface area contributed by atoms with Gasteiger partial charge in [-0.1, -0.05) is 133 Å². The van der Waals surface area contributed by atoms with Crippen LogP contribution in [-0.2, 0) is 0 Å². The minimum atomic E-state index is 0.851. The predicted octanol–water partition coefficient (Wildman–Crippen LogP) is 16.5. The van der Waals surface area contributed by atoms with Gasteiger partial charge in [0.25, 0.3) is 0 Å². The Morgan fingerprint density at radius 1 is 0.300 bits per heavy atom. The molecule has 0 radical (unpaired) electrons. The molecular weight excluding hydrogens is 735 g/mol. The summed E-state index contributed by atoms with van der Waals surface area (Å²) in [4.78, 5) is 2.34. The van der Waals surface area contributed by atoms with Crippen LogP contribution in [0.4, 0.5) is 17.1 Å². The van der Waals surface area contributed by atoms with E-state index in [9.17, 15) is 0 Å². The molecule has 13 aromatic rings. The highest BCUT2D eigenvalue weighted by atomic mass is 16.3. The van der Waals surface area contributed by atoms with Gasteiger partial charge in [-0.2, -0.15) is 0 Å². The molecule has 4 heteroatoms. The lowest BCUT2D eigenvalue weighted by atomic mass is 10.00. The molecule has 13 rings (SSSR count). The molecule has 0 amide bonds. The van der Waals surface area contributed by atoms with Gasteiger partial charge in [-0.25, -0.2) is 0 Å². The van der Waals surface area contributed by atoms with Gasteiger partial charge >= 0.3 is 0 Å². The van der Waals surface area contributed by atoms with Crippen molar-refractivity contribution in [1.82, 2.24) is 0 Å². The van der Waals surface area contributed by atoms with E-state index in [1.54, 1.807) is 0 Å².